The summed E-state index contributed by atoms with van der Waals surface area (Å²) in [6.07, 6.45) is 4.48. The van der Waals surface area contributed by atoms with Gasteiger partial charge in [0.2, 0.25) is 0 Å². The molecular formula is C12H22N2O. The zero-order chi connectivity index (χ0) is 11.1. The molecule has 0 spiro atoms. The molecule has 1 heterocycles. The second-order valence-electron chi connectivity index (χ2n) is 4.34. The molecule has 3 heteroatoms. The van der Waals surface area contributed by atoms with Gasteiger partial charge in [-0.25, -0.2) is 0 Å². The van der Waals surface area contributed by atoms with E-state index >= 15 is 0 Å². The molecule has 0 radical (unpaired) electrons. The van der Waals surface area contributed by atoms with Crippen molar-refractivity contribution in [2.75, 3.05) is 19.7 Å². The number of hydrogen-bond donors (Lipinski definition) is 0. The summed E-state index contributed by atoms with van der Waals surface area (Å²) in [5.41, 5.74) is 0. The van der Waals surface area contributed by atoms with Gasteiger partial charge in [0.15, 0.2) is 0 Å². The Bertz CT molecular complexity index is 212. The van der Waals surface area contributed by atoms with Crippen LogP contribution in [0.5, 0.6) is 0 Å². The first kappa shape index (κ1) is 12.5. The maximum absolute atomic E-state index is 8.67. The van der Waals surface area contributed by atoms with Crippen molar-refractivity contribution in [1.82, 2.24) is 4.90 Å². The number of ether oxygens (including phenoxy) is 1. The smallest absolute Gasteiger partial charge is 0.0702 e. The highest BCUT2D eigenvalue weighted by atomic mass is 16.5. The summed E-state index contributed by atoms with van der Waals surface area (Å²) in [4.78, 5) is 2.38. The molecule has 0 aromatic heterocycles. The van der Waals surface area contributed by atoms with Gasteiger partial charge in [-0.3, -0.25) is 4.90 Å². The summed E-state index contributed by atoms with van der Waals surface area (Å²) in [6.45, 7) is 7.26. The molecule has 0 saturated carbocycles. The van der Waals surface area contributed by atoms with Crippen LogP contribution in [0.15, 0.2) is 0 Å². The van der Waals surface area contributed by atoms with Gasteiger partial charge in [-0.15, -0.1) is 0 Å². The monoisotopic (exact) mass is 210 g/mol. The first-order valence-electron chi connectivity index (χ1n) is 6.00. The molecule has 0 N–H and O–H groups in total. The molecule has 1 rings (SSSR count). The van der Waals surface area contributed by atoms with Gasteiger partial charge in [-0.2, -0.15) is 5.26 Å². The zero-order valence-electron chi connectivity index (χ0n) is 9.91. The van der Waals surface area contributed by atoms with Gasteiger partial charge < -0.3 is 4.74 Å². The number of likely N-dealkylation sites (tertiary alicyclic amines) is 1. The Kier molecular flexibility index (Phi) is 5.67. The molecule has 0 aromatic carbocycles. The van der Waals surface area contributed by atoms with E-state index in [1.54, 1.807) is 0 Å². The van der Waals surface area contributed by atoms with Crippen LogP contribution in [0.2, 0.25) is 0 Å². The van der Waals surface area contributed by atoms with Crippen LogP contribution in [0.4, 0.5) is 0 Å². The third-order valence-electron chi connectivity index (χ3n) is 2.98. The van der Waals surface area contributed by atoms with Gasteiger partial charge in [-0.05, 0) is 32.7 Å². The van der Waals surface area contributed by atoms with Gasteiger partial charge in [0.25, 0.3) is 0 Å². The number of piperidine rings is 1. The van der Waals surface area contributed by atoms with E-state index in [1.165, 1.54) is 12.8 Å². The largest absolute Gasteiger partial charge is 0.377 e. The fourth-order valence-electron chi connectivity index (χ4n) is 2.05. The van der Waals surface area contributed by atoms with E-state index in [2.05, 4.69) is 24.8 Å². The van der Waals surface area contributed by atoms with E-state index in [0.717, 1.165) is 26.1 Å². The summed E-state index contributed by atoms with van der Waals surface area (Å²) in [6, 6.07) is 2.62. The number of nitriles is 1. The van der Waals surface area contributed by atoms with Crippen LogP contribution < -0.4 is 0 Å². The Hall–Kier alpha value is -0.590. The lowest BCUT2D eigenvalue weighted by Crippen LogP contribution is -2.44. The van der Waals surface area contributed by atoms with Crippen molar-refractivity contribution < 1.29 is 4.74 Å². The minimum atomic E-state index is 0.378. The van der Waals surface area contributed by atoms with E-state index in [0.29, 0.717) is 18.6 Å². The minimum Gasteiger partial charge on any atom is -0.377 e. The predicted molar refractivity (Wildman–Crippen MR) is 60.5 cm³/mol. The van der Waals surface area contributed by atoms with Crippen molar-refractivity contribution in [3.05, 3.63) is 0 Å². The van der Waals surface area contributed by atoms with Crippen LogP contribution in [0.1, 0.15) is 39.5 Å². The Morgan fingerprint density at radius 2 is 2.40 bits per heavy atom. The highest BCUT2D eigenvalue weighted by molar-refractivity contribution is 4.83. The lowest BCUT2D eigenvalue weighted by molar-refractivity contribution is -0.00979. The lowest BCUT2D eigenvalue weighted by Gasteiger charge is -2.35. The molecule has 0 amide bonds. The molecule has 1 fully saturated rings. The van der Waals surface area contributed by atoms with Gasteiger partial charge in [-0.1, -0.05) is 6.92 Å². The minimum absolute atomic E-state index is 0.378. The number of hydrogen-bond acceptors (Lipinski definition) is 3. The third kappa shape index (κ3) is 4.19. The van der Waals surface area contributed by atoms with Crippen LogP contribution in [-0.2, 0) is 4.74 Å². The Labute approximate surface area is 93.0 Å². The van der Waals surface area contributed by atoms with Crippen molar-refractivity contribution >= 4 is 0 Å². The standard InChI is InChI=1S/C12H22N2O/c1-3-9-15-12-5-4-8-14(10-12)11(2)6-7-13/h11-12H,3-6,8-10H2,1-2H3. The molecule has 1 saturated heterocycles. The summed E-state index contributed by atoms with van der Waals surface area (Å²) in [5, 5.41) is 8.67. The van der Waals surface area contributed by atoms with Crippen molar-refractivity contribution in [2.45, 2.75) is 51.7 Å². The second kappa shape index (κ2) is 6.81. The van der Waals surface area contributed by atoms with Crippen molar-refractivity contribution in [1.29, 1.82) is 5.26 Å². The van der Waals surface area contributed by atoms with E-state index < -0.39 is 0 Å². The van der Waals surface area contributed by atoms with Crippen molar-refractivity contribution in [3.63, 3.8) is 0 Å². The lowest BCUT2D eigenvalue weighted by atomic mass is 10.1. The molecule has 1 aliphatic heterocycles. The normalized spacial score (nSPS) is 24.7. The van der Waals surface area contributed by atoms with Crippen LogP contribution >= 0.6 is 0 Å². The Balaban J connectivity index is 2.31. The second-order valence-corrected chi connectivity index (χ2v) is 4.34. The fourth-order valence-corrected chi connectivity index (χ4v) is 2.05. The Morgan fingerprint density at radius 3 is 3.07 bits per heavy atom. The van der Waals surface area contributed by atoms with Gasteiger partial charge in [0, 0.05) is 19.2 Å². The summed E-state index contributed by atoms with van der Waals surface area (Å²) in [5.74, 6) is 0. The first-order valence-corrected chi connectivity index (χ1v) is 6.00. The van der Waals surface area contributed by atoms with Crippen LogP contribution in [0.25, 0.3) is 0 Å². The highest BCUT2D eigenvalue weighted by Crippen LogP contribution is 2.16. The van der Waals surface area contributed by atoms with Crippen LogP contribution in [0, 0.1) is 11.3 Å². The molecule has 3 nitrogen and oxygen atoms in total. The first-order chi connectivity index (χ1) is 7.27. The average Bonchev–Trinajstić information content (AvgIpc) is 2.27. The number of nitrogens with zero attached hydrogens (tertiary/aromatic N) is 2. The van der Waals surface area contributed by atoms with E-state index in [4.69, 9.17) is 10.00 Å². The summed E-state index contributed by atoms with van der Waals surface area (Å²) < 4.78 is 5.77. The molecule has 2 atom stereocenters. The molecule has 1 aliphatic rings. The van der Waals surface area contributed by atoms with E-state index in [-0.39, 0.29) is 0 Å². The molecular weight excluding hydrogens is 188 g/mol. The van der Waals surface area contributed by atoms with E-state index in [9.17, 15) is 0 Å². The van der Waals surface area contributed by atoms with Crippen molar-refractivity contribution in [2.24, 2.45) is 0 Å². The third-order valence-corrected chi connectivity index (χ3v) is 2.98. The van der Waals surface area contributed by atoms with Gasteiger partial charge in [0.1, 0.15) is 0 Å². The molecule has 2 unspecified atom stereocenters. The van der Waals surface area contributed by atoms with Crippen molar-refractivity contribution in [3.8, 4) is 6.07 Å². The zero-order valence-corrected chi connectivity index (χ0v) is 9.91. The maximum atomic E-state index is 8.67. The van der Waals surface area contributed by atoms with Crippen LogP contribution in [0.3, 0.4) is 0 Å². The summed E-state index contributed by atoms with van der Waals surface area (Å²) in [7, 11) is 0. The quantitative estimate of drug-likeness (QED) is 0.698. The SMILES string of the molecule is CCCOC1CCCN(C(C)CC#N)C1. The molecule has 86 valence electrons. The Morgan fingerprint density at radius 1 is 1.60 bits per heavy atom. The van der Waals surface area contributed by atoms with E-state index in [1.807, 2.05) is 0 Å². The summed E-state index contributed by atoms with van der Waals surface area (Å²) >= 11 is 0. The average molecular weight is 210 g/mol. The highest BCUT2D eigenvalue weighted by Gasteiger charge is 2.23. The topological polar surface area (TPSA) is 36.3 Å². The fraction of sp³-hybridized carbons (Fsp3) is 0.917. The number of rotatable bonds is 5. The van der Waals surface area contributed by atoms with Crippen LogP contribution in [-0.4, -0.2) is 36.7 Å². The molecule has 15 heavy (non-hydrogen) atoms. The molecule has 0 aliphatic carbocycles. The van der Waals surface area contributed by atoms with Gasteiger partial charge in [0.05, 0.1) is 18.6 Å². The van der Waals surface area contributed by atoms with Gasteiger partial charge >= 0.3 is 0 Å². The molecule has 0 bridgehead atoms. The maximum Gasteiger partial charge on any atom is 0.0702 e. The predicted octanol–water partition coefficient (Wildman–Crippen LogP) is 2.18. The molecule has 0 aromatic rings.